The SMILES string of the molecule is OC[C@H]1O[C@@H]2O[C@H]3[C@H](O)[C@@H](O)[C@@H](O[C@H]4[C@H](O)[C@@H](O)[C@@H](O[C@H]5[C@H](O)[C@@H](O)[C@@H](O[C@H]6[C@H](O)[C@@H](O)[C@@H](O[C@H]7[C@H](O)[C@@H](O)[C@@H](O[C@@H]7CO)O[C@H]7C(O)[C@@H](O)[C@@H](O[C@H]8[C@H](O)[C@@H](O)[C@H](O[C@H]1[C@H](O)[C@H]2O)O[C@@H]8CO)O[C@@H]7CO)O[C@@H]6CO)O[C@@H]5CO)O[C@@H]4CO)O[C@@H]3CO. The first-order chi connectivity index (χ1) is 41.9. The van der Waals surface area contributed by atoms with Gasteiger partial charge in [0.25, 0.3) is 0 Å². The highest BCUT2D eigenvalue weighted by atomic mass is 16.8. The van der Waals surface area contributed by atoms with Crippen molar-refractivity contribution >= 4 is 0 Å². The van der Waals surface area contributed by atoms with Gasteiger partial charge in [-0.25, -0.2) is 0 Å². The average Bonchev–Trinajstić information content (AvgIpc) is 3.31. The van der Waals surface area contributed by atoms with Gasteiger partial charge in [-0.3, -0.25) is 0 Å². The average molecular weight is 1300 g/mol. The van der Waals surface area contributed by atoms with E-state index in [1.165, 1.54) is 0 Å². The summed E-state index contributed by atoms with van der Waals surface area (Å²) in [7, 11) is 0. The van der Waals surface area contributed by atoms with Gasteiger partial charge in [0.15, 0.2) is 50.3 Å². The summed E-state index contributed by atoms with van der Waals surface area (Å²) in [5.41, 5.74) is 0. The summed E-state index contributed by atoms with van der Waals surface area (Å²) in [5.74, 6) is 0. The van der Waals surface area contributed by atoms with Gasteiger partial charge in [0, 0.05) is 0 Å². The molecule has 40 atom stereocenters. The Bertz CT molecular complexity index is 1700. The first-order valence-electron chi connectivity index (χ1n) is 28.1. The molecule has 24 N–H and O–H groups in total. The number of hydrogen-bond acceptors (Lipinski definition) is 40. The number of hydrogen-bond donors (Lipinski definition) is 24. The quantitative estimate of drug-likeness (QED) is 0.107. The van der Waals surface area contributed by atoms with E-state index in [1.54, 1.807) is 0 Å². The molecule has 0 aromatic carbocycles. The van der Waals surface area contributed by atoms with E-state index in [4.69, 9.17) is 75.8 Å². The minimum Gasteiger partial charge on any atom is -0.394 e. The molecule has 40 nitrogen and oxygen atoms in total. The predicted octanol–water partition coefficient (Wildman–Crippen LogP) is -17.4. The van der Waals surface area contributed by atoms with E-state index in [-0.39, 0.29) is 0 Å². The van der Waals surface area contributed by atoms with Crippen LogP contribution in [0.3, 0.4) is 0 Å². The lowest BCUT2D eigenvalue weighted by Gasteiger charge is -2.50. The molecule has 512 valence electrons. The zero-order valence-electron chi connectivity index (χ0n) is 46.0. The molecule has 30 heterocycles. The number of ether oxygens (including phenoxy) is 16. The van der Waals surface area contributed by atoms with Crippen LogP contribution in [0.5, 0.6) is 0 Å². The zero-order valence-corrected chi connectivity index (χ0v) is 46.0. The topological polar surface area (TPSA) is 633 Å². The molecule has 0 radical (unpaired) electrons. The normalized spacial score (nSPS) is 55.4. The summed E-state index contributed by atoms with van der Waals surface area (Å²) in [5, 5.41) is 265. The van der Waals surface area contributed by atoms with E-state index in [1.807, 2.05) is 0 Å². The molecule has 30 rings (SSSR count). The van der Waals surface area contributed by atoms with Crippen LogP contribution in [-0.2, 0) is 75.8 Å². The largest absolute Gasteiger partial charge is 0.394 e. The Morgan fingerprint density at radius 1 is 0.136 bits per heavy atom. The number of rotatable bonds is 8. The Hall–Kier alpha value is -1.60. The van der Waals surface area contributed by atoms with Crippen molar-refractivity contribution in [3.8, 4) is 0 Å². The molecule has 30 fully saturated rings. The molecule has 30 aliphatic heterocycles. The van der Waals surface area contributed by atoms with Gasteiger partial charge in [0.2, 0.25) is 0 Å². The molecule has 88 heavy (non-hydrogen) atoms. The van der Waals surface area contributed by atoms with E-state index >= 15 is 0 Å². The number of aliphatic hydroxyl groups is 24. The van der Waals surface area contributed by atoms with E-state index in [0.29, 0.717) is 0 Å². The van der Waals surface area contributed by atoms with Gasteiger partial charge in [-0.05, 0) is 0 Å². The molecule has 0 aromatic heterocycles. The van der Waals surface area contributed by atoms with Crippen LogP contribution in [0.25, 0.3) is 0 Å². The second kappa shape index (κ2) is 30.0. The Morgan fingerprint density at radius 3 is 0.307 bits per heavy atom. The third kappa shape index (κ3) is 13.8. The van der Waals surface area contributed by atoms with Crippen LogP contribution >= 0.6 is 0 Å². The second-order valence-electron chi connectivity index (χ2n) is 22.5. The van der Waals surface area contributed by atoms with Crippen LogP contribution in [0, 0.1) is 0 Å². The Labute approximate surface area is 496 Å². The summed E-state index contributed by atoms with van der Waals surface area (Å²) in [6.45, 7) is -8.64. The van der Waals surface area contributed by atoms with E-state index < -0.39 is 299 Å². The highest BCUT2D eigenvalue weighted by Crippen LogP contribution is 2.40. The van der Waals surface area contributed by atoms with E-state index in [0.717, 1.165) is 0 Å². The monoisotopic (exact) mass is 1300 g/mol. The van der Waals surface area contributed by atoms with Crippen molar-refractivity contribution < 1.29 is 198 Å². The fraction of sp³-hybridized carbons (Fsp3) is 1.00. The predicted molar refractivity (Wildman–Crippen MR) is 261 cm³/mol. The second-order valence-corrected chi connectivity index (χ2v) is 22.5. The van der Waals surface area contributed by atoms with Crippen molar-refractivity contribution in [1.29, 1.82) is 0 Å². The molecule has 0 aliphatic carbocycles. The molecule has 30 saturated heterocycles. The van der Waals surface area contributed by atoms with Gasteiger partial charge in [-0.15, -0.1) is 0 Å². The van der Waals surface area contributed by atoms with Gasteiger partial charge >= 0.3 is 0 Å². The third-order valence-electron chi connectivity index (χ3n) is 16.9. The van der Waals surface area contributed by atoms with Gasteiger partial charge in [-0.2, -0.15) is 0 Å². The van der Waals surface area contributed by atoms with Crippen molar-refractivity contribution in [2.45, 2.75) is 246 Å². The minimum atomic E-state index is -2.25. The van der Waals surface area contributed by atoms with Crippen LogP contribution in [0.2, 0.25) is 0 Å². The highest BCUT2D eigenvalue weighted by Gasteiger charge is 2.60. The Morgan fingerprint density at radius 2 is 0.227 bits per heavy atom. The van der Waals surface area contributed by atoms with Crippen molar-refractivity contribution in [2.75, 3.05) is 52.9 Å². The summed E-state index contributed by atoms with van der Waals surface area (Å²) in [4.78, 5) is 0. The van der Waals surface area contributed by atoms with Gasteiger partial charge < -0.3 is 198 Å². The Kier molecular flexibility index (Phi) is 24.1. The third-order valence-corrected chi connectivity index (χ3v) is 16.9. The van der Waals surface area contributed by atoms with Gasteiger partial charge in [0.05, 0.1) is 52.9 Å². The summed E-state index contributed by atoms with van der Waals surface area (Å²) in [6.07, 6.45) is -82.0. The van der Waals surface area contributed by atoms with Crippen molar-refractivity contribution in [2.24, 2.45) is 0 Å². The lowest BCUT2D eigenvalue weighted by Crippen LogP contribution is -2.69. The molecular weight excluding hydrogens is 1220 g/mol. The summed E-state index contributed by atoms with van der Waals surface area (Å²) >= 11 is 0. The van der Waals surface area contributed by atoms with Crippen molar-refractivity contribution in [1.82, 2.24) is 0 Å². The maximum absolute atomic E-state index is 11.4. The van der Waals surface area contributed by atoms with Crippen LogP contribution in [0.1, 0.15) is 0 Å². The van der Waals surface area contributed by atoms with E-state index in [2.05, 4.69) is 0 Å². The smallest absolute Gasteiger partial charge is 0.187 e. The molecule has 0 aromatic rings. The lowest BCUT2D eigenvalue weighted by molar-refractivity contribution is -0.404. The van der Waals surface area contributed by atoms with Gasteiger partial charge in [-0.1, -0.05) is 0 Å². The van der Waals surface area contributed by atoms with Crippen LogP contribution in [0.15, 0.2) is 0 Å². The maximum Gasteiger partial charge on any atom is 0.187 e. The molecule has 0 saturated carbocycles. The summed E-state index contributed by atoms with van der Waals surface area (Å²) in [6, 6.07) is 0. The van der Waals surface area contributed by atoms with Crippen LogP contribution in [-0.4, -0.2) is 421 Å². The molecule has 16 bridgehead atoms. The molecule has 0 amide bonds. The van der Waals surface area contributed by atoms with Crippen LogP contribution in [0.4, 0.5) is 0 Å². The van der Waals surface area contributed by atoms with Gasteiger partial charge in [0.1, 0.15) is 195 Å². The number of aliphatic hydroxyl groups excluding tert-OH is 24. The lowest BCUT2D eigenvalue weighted by atomic mass is 9.94. The first-order valence-corrected chi connectivity index (χ1v) is 28.1. The molecular formula is C48H80O40. The maximum atomic E-state index is 11.4. The minimum absolute atomic E-state index is 1.08. The first kappa shape index (κ1) is 70.7. The van der Waals surface area contributed by atoms with Crippen molar-refractivity contribution in [3.05, 3.63) is 0 Å². The highest BCUT2D eigenvalue weighted by molar-refractivity contribution is 5.02. The fourth-order valence-corrected chi connectivity index (χ4v) is 11.9. The molecule has 40 heteroatoms. The Balaban J connectivity index is 0.975. The zero-order chi connectivity index (χ0) is 64.1. The summed E-state index contributed by atoms with van der Waals surface area (Å²) < 4.78 is 91.1. The van der Waals surface area contributed by atoms with Crippen LogP contribution < -0.4 is 0 Å². The van der Waals surface area contributed by atoms with Crippen molar-refractivity contribution in [3.63, 3.8) is 0 Å². The van der Waals surface area contributed by atoms with E-state index in [9.17, 15) is 123 Å². The molecule has 30 aliphatic rings. The molecule has 1 unspecified atom stereocenters. The molecule has 0 spiro atoms. The standard InChI is InChI=1S/C48H80O40/c49-1-9-33-17(57)25(65)41(73-9)82-34-10(2-50)75-43(27(67)19(34)59)84-36-12(4-52)77-45(29(69)21(36)61)86-38-14(6-54)79-47(31(71)23(38)63)88-40-16(8-56)80-48(32(72)24(40)64)87-39-15(7-55)78-46(30(70)22(39)62)85-37-13(5-53)76-44(28(68)20(37)60)83-35-11(3-51)74-42(81-33)26(66)18(35)58/h9-72H,1-8H2/t9-,10-,11-,12-,13-,14-,15-,16-,17-,18-,19-,20-,21-,22-,23-,24?,25-,26-,27-,28-,29-,30-,31-,32-,33-,34-,35-,36-,37-,38-,39-,40-,41-,42-,43-,44-,45-,46+,47+,48-/m1/s1. The fourth-order valence-electron chi connectivity index (χ4n) is 11.9.